The molecule has 0 bridgehead atoms. The number of ketones is 1. The Bertz CT molecular complexity index is 1050. The highest BCUT2D eigenvalue weighted by molar-refractivity contribution is 5.95. The number of hydrogen-bond acceptors (Lipinski definition) is 14. The summed E-state index contributed by atoms with van der Waals surface area (Å²) < 4.78 is 9.54. The SMILES string of the molecule is O=C(OC[C@@H](O)[C@@H](OC(=O)c1cc(O)c(O)c(O)c1)C(=O)[C@@H](O)CO)c1cc(O)c(O)c(O)c1. The Morgan fingerprint density at radius 2 is 1.15 bits per heavy atom. The van der Waals surface area contributed by atoms with E-state index in [0.29, 0.717) is 12.1 Å². The van der Waals surface area contributed by atoms with E-state index in [1.54, 1.807) is 0 Å². The smallest absolute Gasteiger partial charge is 0.339 e. The molecule has 0 heterocycles. The largest absolute Gasteiger partial charge is 0.504 e. The first-order chi connectivity index (χ1) is 15.9. The summed E-state index contributed by atoms with van der Waals surface area (Å²) in [7, 11) is 0. The van der Waals surface area contributed by atoms with Crippen LogP contribution in [-0.4, -0.2) is 95.2 Å². The van der Waals surface area contributed by atoms with Crippen LogP contribution >= 0.6 is 0 Å². The van der Waals surface area contributed by atoms with Crippen molar-refractivity contribution in [3.8, 4) is 34.5 Å². The molecule has 184 valence electrons. The monoisotopic (exact) mass is 484 g/mol. The van der Waals surface area contributed by atoms with Crippen LogP contribution in [0.25, 0.3) is 0 Å². The second-order valence-electron chi connectivity index (χ2n) is 6.82. The van der Waals surface area contributed by atoms with E-state index in [1.807, 2.05) is 0 Å². The van der Waals surface area contributed by atoms with Crippen molar-refractivity contribution in [2.75, 3.05) is 13.2 Å². The molecule has 3 atom stereocenters. The molecule has 0 fully saturated rings. The summed E-state index contributed by atoms with van der Waals surface area (Å²) in [6.45, 7) is -2.15. The summed E-state index contributed by atoms with van der Waals surface area (Å²) >= 11 is 0. The lowest BCUT2D eigenvalue weighted by Crippen LogP contribution is -2.46. The van der Waals surface area contributed by atoms with Crippen LogP contribution < -0.4 is 0 Å². The van der Waals surface area contributed by atoms with Crippen molar-refractivity contribution in [1.82, 2.24) is 0 Å². The predicted molar refractivity (Wildman–Crippen MR) is 106 cm³/mol. The summed E-state index contributed by atoms with van der Waals surface area (Å²) in [5.74, 6) is -9.48. The molecule has 0 saturated carbocycles. The second kappa shape index (κ2) is 10.6. The maximum absolute atomic E-state index is 12.3. The van der Waals surface area contributed by atoms with Gasteiger partial charge in [0.25, 0.3) is 0 Å². The van der Waals surface area contributed by atoms with Crippen LogP contribution in [0.3, 0.4) is 0 Å². The lowest BCUT2D eigenvalue weighted by molar-refractivity contribution is -0.145. The Morgan fingerprint density at radius 3 is 1.56 bits per heavy atom. The van der Waals surface area contributed by atoms with E-state index in [1.165, 1.54) is 0 Å². The van der Waals surface area contributed by atoms with E-state index in [4.69, 9.17) is 14.6 Å². The number of aliphatic hydroxyl groups excluding tert-OH is 3. The number of carbonyl (C=O) groups is 3. The van der Waals surface area contributed by atoms with Crippen LogP contribution in [0.2, 0.25) is 0 Å². The van der Waals surface area contributed by atoms with Gasteiger partial charge >= 0.3 is 11.9 Å². The standard InChI is InChI=1S/C20H20O14/c21-5-13(26)17(30)18(34-20(32)8-3-11(24)16(29)12(25)4-8)14(27)6-33-19(31)7-1-9(22)15(28)10(23)2-7/h1-4,13-14,18,21-29H,5-6H2/t13-,14+,18+/m0/s1. The van der Waals surface area contributed by atoms with Crippen molar-refractivity contribution >= 4 is 17.7 Å². The van der Waals surface area contributed by atoms with Gasteiger partial charge in [-0.2, -0.15) is 0 Å². The third kappa shape index (κ3) is 5.74. The number of aromatic hydroxyl groups is 6. The van der Waals surface area contributed by atoms with E-state index in [-0.39, 0.29) is 0 Å². The van der Waals surface area contributed by atoms with Crippen LogP contribution in [0.5, 0.6) is 34.5 Å². The number of benzene rings is 2. The van der Waals surface area contributed by atoms with Crippen molar-refractivity contribution in [2.45, 2.75) is 18.3 Å². The topological polar surface area (TPSA) is 252 Å². The molecule has 0 aromatic heterocycles. The maximum atomic E-state index is 12.3. The van der Waals surface area contributed by atoms with Gasteiger partial charge in [-0.3, -0.25) is 4.79 Å². The Balaban J connectivity index is 2.20. The molecule has 0 spiro atoms. The number of ether oxygens (including phenoxy) is 2. The van der Waals surface area contributed by atoms with Crippen LogP contribution in [0.4, 0.5) is 0 Å². The third-order valence-electron chi connectivity index (χ3n) is 4.36. The number of esters is 2. The summed E-state index contributed by atoms with van der Waals surface area (Å²) in [6.07, 6.45) is -6.45. The van der Waals surface area contributed by atoms with Gasteiger partial charge in [0.15, 0.2) is 40.6 Å². The van der Waals surface area contributed by atoms with E-state index in [0.717, 1.165) is 12.1 Å². The van der Waals surface area contributed by atoms with Gasteiger partial charge in [0, 0.05) is 0 Å². The molecule has 2 aromatic rings. The van der Waals surface area contributed by atoms with Gasteiger partial charge < -0.3 is 55.4 Å². The van der Waals surface area contributed by atoms with Crippen molar-refractivity contribution in [3.63, 3.8) is 0 Å². The average molecular weight is 484 g/mol. The van der Waals surface area contributed by atoms with Crippen LogP contribution in [0.15, 0.2) is 24.3 Å². The van der Waals surface area contributed by atoms with Gasteiger partial charge in [-0.25, -0.2) is 9.59 Å². The van der Waals surface area contributed by atoms with E-state index in [9.17, 15) is 55.2 Å². The molecule has 0 saturated heterocycles. The lowest BCUT2D eigenvalue weighted by atomic mass is 10.0. The minimum atomic E-state index is -2.22. The number of phenols is 6. The van der Waals surface area contributed by atoms with Crippen LogP contribution in [-0.2, 0) is 14.3 Å². The predicted octanol–water partition coefficient (Wildman–Crippen LogP) is -1.41. The number of phenolic OH excluding ortho intramolecular Hbond substituents is 6. The molecule has 9 N–H and O–H groups in total. The Labute approximate surface area is 189 Å². The summed E-state index contributed by atoms with van der Waals surface area (Å²) in [5, 5.41) is 85.4. The van der Waals surface area contributed by atoms with Gasteiger partial charge in [0.1, 0.15) is 18.8 Å². The summed E-state index contributed by atoms with van der Waals surface area (Å²) in [6, 6.07) is 2.78. The fourth-order valence-corrected chi connectivity index (χ4v) is 2.57. The highest BCUT2D eigenvalue weighted by Crippen LogP contribution is 2.36. The highest BCUT2D eigenvalue weighted by atomic mass is 16.6. The van der Waals surface area contributed by atoms with E-state index in [2.05, 4.69) is 0 Å². The number of carbonyl (C=O) groups excluding carboxylic acids is 3. The fraction of sp³-hybridized carbons (Fsp3) is 0.250. The summed E-state index contributed by atoms with van der Waals surface area (Å²) in [4.78, 5) is 36.7. The molecule has 2 rings (SSSR count). The van der Waals surface area contributed by atoms with Crippen molar-refractivity contribution < 1.29 is 69.8 Å². The van der Waals surface area contributed by atoms with Crippen molar-refractivity contribution in [2.24, 2.45) is 0 Å². The lowest BCUT2D eigenvalue weighted by Gasteiger charge is -2.23. The van der Waals surface area contributed by atoms with Gasteiger partial charge in [-0.1, -0.05) is 0 Å². The molecular formula is C20H20O14. The molecule has 0 aliphatic carbocycles. The van der Waals surface area contributed by atoms with E-state index < -0.39 is 94.9 Å². The van der Waals surface area contributed by atoms with E-state index >= 15 is 0 Å². The molecular weight excluding hydrogens is 464 g/mol. The molecule has 0 aliphatic heterocycles. The van der Waals surface area contributed by atoms with Gasteiger partial charge in [-0.15, -0.1) is 0 Å². The van der Waals surface area contributed by atoms with Crippen LogP contribution in [0.1, 0.15) is 20.7 Å². The van der Waals surface area contributed by atoms with Gasteiger partial charge in [0.2, 0.25) is 5.78 Å². The molecule has 0 unspecified atom stereocenters. The Hall–Kier alpha value is -4.27. The second-order valence-corrected chi connectivity index (χ2v) is 6.82. The molecule has 14 heteroatoms. The molecule has 0 radical (unpaired) electrons. The number of Topliss-reactive ketones (excluding diaryl/α,β-unsaturated/α-hetero) is 1. The molecule has 14 nitrogen and oxygen atoms in total. The Kier molecular flexibility index (Phi) is 8.07. The minimum absolute atomic E-state index is 0.467. The first-order valence-electron chi connectivity index (χ1n) is 9.26. The molecule has 0 amide bonds. The Morgan fingerprint density at radius 1 is 0.735 bits per heavy atom. The first-order valence-corrected chi connectivity index (χ1v) is 9.26. The van der Waals surface area contributed by atoms with Gasteiger partial charge in [0.05, 0.1) is 17.7 Å². The minimum Gasteiger partial charge on any atom is -0.504 e. The van der Waals surface area contributed by atoms with Crippen molar-refractivity contribution in [3.05, 3.63) is 35.4 Å². The number of hydrogen-bond donors (Lipinski definition) is 9. The van der Waals surface area contributed by atoms with Crippen molar-refractivity contribution in [1.29, 1.82) is 0 Å². The quantitative estimate of drug-likeness (QED) is 0.146. The zero-order valence-corrected chi connectivity index (χ0v) is 17.0. The molecule has 0 aliphatic rings. The average Bonchev–Trinajstić information content (AvgIpc) is 2.80. The first kappa shape index (κ1) is 26.0. The fourth-order valence-electron chi connectivity index (χ4n) is 2.57. The van der Waals surface area contributed by atoms with Gasteiger partial charge in [-0.05, 0) is 24.3 Å². The summed E-state index contributed by atoms with van der Waals surface area (Å²) in [5.41, 5.74) is -1.05. The zero-order chi connectivity index (χ0) is 25.7. The zero-order valence-electron chi connectivity index (χ0n) is 17.0. The number of aliphatic hydroxyl groups is 3. The highest BCUT2D eigenvalue weighted by Gasteiger charge is 2.36. The van der Waals surface area contributed by atoms with Crippen LogP contribution in [0, 0.1) is 0 Å². The molecule has 2 aromatic carbocycles. The maximum Gasteiger partial charge on any atom is 0.339 e. The number of rotatable bonds is 9. The third-order valence-corrected chi connectivity index (χ3v) is 4.36. The normalized spacial score (nSPS) is 13.5. The molecule has 34 heavy (non-hydrogen) atoms.